The highest BCUT2D eigenvalue weighted by molar-refractivity contribution is 7.09. The summed E-state index contributed by atoms with van der Waals surface area (Å²) < 4.78 is 0. The number of likely N-dealkylation sites (tertiary alicyclic amines) is 1. The average molecular weight is 212 g/mol. The number of β-amino-alcohol motifs (C(OH)–C–C–N with tert-alkyl or cyclic N) is 1. The Morgan fingerprint density at radius 2 is 2.57 bits per heavy atom. The zero-order valence-corrected chi connectivity index (χ0v) is 9.26. The molecule has 0 amide bonds. The summed E-state index contributed by atoms with van der Waals surface area (Å²) in [7, 11) is 0. The molecule has 0 aliphatic carbocycles. The van der Waals surface area contributed by atoms with Gasteiger partial charge in [-0.3, -0.25) is 0 Å². The summed E-state index contributed by atoms with van der Waals surface area (Å²) in [6, 6.07) is 0. The van der Waals surface area contributed by atoms with Gasteiger partial charge >= 0.3 is 0 Å². The number of nitrogens with zero attached hydrogens (tertiary/aromatic N) is 2. The summed E-state index contributed by atoms with van der Waals surface area (Å²) in [5, 5.41) is 13.3. The maximum absolute atomic E-state index is 10.3. The first kappa shape index (κ1) is 10.1. The Bertz CT molecular complexity index is 288. The Kier molecular flexibility index (Phi) is 2.85. The first-order valence-electron chi connectivity index (χ1n) is 5.05. The Labute approximate surface area is 88.4 Å². The smallest absolute Gasteiger partial charge is 0.0954 e. The number of hydrogen-bond acceptors (Lipinski definition) is 4. The highest BCUT2D eigenvalue weighted by Crippen LogP contribution is 2.25. The molecule has 0 radical (unpaired) electrons. The predicted octanol–water partition coefficient (Wildman–Crippen LogP) is 1.14. The van der Waals surface area contributed by atoms with Gasteiger partial charge in [-0.1, -0.05) is 6.92 Å². The van der Waals surface area contributed by atoms with E-state index in [1.54, 1.807) is 17.5 Å². The van der Waals surface area contributed by atoms with Gasteiger partial charge in [0.05, 0.1) is 10.6 Å². The Hall–Kier alpha value is -0.450. The summed E-state index contributed by atoms with van der Waals surface area (Å²) in [5.74, 6) is 0. The van der Waals surface area contributed by atoms with Crippen LogP contribution in [-0.2, 0) is 6.42 Å². The van der Waals surface area contributed by atoms with Crippen LogP contribution >= 0.6 is 11.3 Å². The molecular weight excluding hydrogens is 196 g/mol. The van der Waals surface area contributed by atoms with Gasteiger partial charge in [-0.15, -0.1) is 11.3 Å². The van der Waals surface area contributed by atoms with Gasteiger partial charge in [0.15, 0.2) is 0 Å². The quantitative estimate of drug-likeness (QED) is 0.816. The van der Waals surface area contributed by atoms with Gasteiger partial charge < -0.3 is 10.0 Å². The minimum Gasteiger partial charge on any atom is -0.388 e. The maximum Gasteiger partial charge on any atom is 0.0954 e. The Balaban J connectivity index is 1.97. The molecule has 2 heterocycles. The third kappa shape index (κ3) is 2.13. The fraction of sp³-hybridized carbons (Fsp3) is 0.700. The van der Waals surface area contributed by atoms with E-state index in [2.05, 4.69) is 16.8 Å². The second-order valence-corrected chi connectivity index (χ2v) is 4.92. The van der Waals surface area contributed by atoms with E-state index in [0.717, 1.165) is 31.1 Å². The lowest BCUT2D eigenvalue weighted by atomic mass is 10.00. The molecule has 0 spiro atoms. The molecule has 1 atom stereocenters. The van der Waals surface area contributed by atoms with Gasteiger partial charge in [-0.2, -0.15) is 0 Å². The van der Waals surface area contributed by atoms with Crippen molar-refractivity contribution in [3.05, 3.63) is 16.6 Å². The molecular formula is C10H16N2OS. The van der Waals surface area contributed by atoms with Crippen molar-refractivity contribution in [2.75, 3.05) is 19.6 Å². The van der Waals surface area contributed by atoms with Gasteiger partial charge in [0.2, 0.25) is 0 Å². The lowest BCUT2D eigenvalue weighted by molar-refractivity contribution is 0.0502. The van der Waals surface area contributed by atoms with Gasteiger partial charge in [0.25, 0.3) is 0 Å². The fourth-order valence-corrected chi connectivity index (χ4v) is 2.73. The monoisotopic (exact) mass is 212 g/mol. The topological polar surface area (TPSA) is 36.4 Å². The molecule has 1 aromatic rings. The summed E-state index contributed by atoms with van der Waals surface area (Å²) in [6.45, 7) is 4.97. The molecule has 1 aromatic heterocycles. The van der Waals surface area contributed by atoms with E-state index in [0.29, 0.717) is 6.42 Å². The van der Waals surface area contributed by atoms with Crippen molar-refractivity contribution in [2.24, 2.45) is 0 Å². The van der Waals surface area contributed by atoms with E-state index in [1.165, 1.54) is 0 Å². The average Bonchev–Trinajstić information content (AvgIpc) is 2.76. The molecule has 2 rings (SSSR count). The third-order valence-electron chi connectivity index (χ3n) is 2.82. The van der Waals surface area contributed by atoms with E-state index in [-0.39, 0.29) is 0 Å². The van der Waals surface area contributed by atoms with Gasteiger partial charge in [-0.05, 0) is 13.0 Å². The molecule has 1 saturated heterocycles. The lowest BCUT2D eigenvalue weighted by Gasteiger charge is -2.21. The molecule has 1 unspecified atom stereocenters. The number of thiazole rings is 1. The third-order valence-corrected chi connectivity index (χ3v) is 3.60. The lowest BCUT2D eigenvalue weighted by Crippen LogP contribution is -2.35. The van der Waals surface area contributed by atoms with Gasteiger partial charge in [0, 0.05) is 31.1 Å². The van der Waals surface area contributed by atoms with E-state index >= 15 is 0 Å². The minimum absolute atomic E-state index is 0.534. The highest BCUT2D eigenvalue weighted by atomic mass is 32.1. The van der Waals surface area contributed by atoms with Crippen LogP contribution in [0.3, 0.4) is 0 Å². The number of aliphatic hydroxyl groups is 1. The SMILES string of the molecule is CCN1CCC(O)(Cc2nccs2)C1. The van der Waals surface area contributed by atoms with Crippen LogP contribution in [0.5, 0.6) is 0 Å². The molecule has 0 bridgehead atoms. The Morgan fingerprint density at radius 3 is 3.14 bits per heavy atom. The minimum atomic E-state index is -0.534. The van der Waals surface area contributed by atoms with Crippen LogP contribution < -0.4 is 0 Å². The molecule has 4 heteroatoms. The van der Waals surface area contributed by atoms with E-state index < -0.39 is 5.60 Å². The number of likely N-dealkylation sites (N-methyl/N-ethyl adjacent to an activating group) is 1. The summed E-state index contributed by atoms with van der Waals surface area (Å²) >= 11 is 1.63. The van der Waals surface area contributed by atoms with Crippen molar-refractivity contribution in [3.8, 4) is 0 Å². The first-order chi connectivity index (χ1) is 6.72. The number of hydrogen-bond donors (Lipinski definition) is 1. The first-order valence-corrected chi connectivity index (χ1v) is 5.93. The van der Waals surface area contributed by atoms with Crippen LogP contribution in [-0.4, -0.2) is 40.2 Å². The molecule has 78 valence electrons. The largest absolute Gasteiger partial charge is 0.388 e. The zero-order valence-electron chi connectivity index (χ0n) is 8.44. The Morgan fingerprint density at radius 1 is 1.71 bits per heavy atom. The second-order valence-electron chi connectivity index (χ2n) is 3.95. The van der Waals surface area contributed by atoms with Crippen LogP contribution in [0, 0.1) is 0 Å². The molecule has 0 aromatic carbocycles. The van der Waals surface area contributed by atoms with E-state index in [4.69, 9.17) is 0 Å². The fourth-order valence-electron chi connectivity index (χ4n) is 1.98. The highest BCUT2D eigenvalue weighted by Gasteiger charge is 2.35. The van der Waals surface area contributed by atoms with Gasteiger partial charge in [0.1, 0.15) is 0 Å². The van der Waals surface area contributed by atoms with E-state index in [1.807, 2.05) is 5.38 Å². The molecule has 1 aliphatic rings. The van der Waals surface area contributed by atoms with Crippen molar-refractivity contribution in [2.45, 2.75) is 25.4 Å². The van der Waals surface area contributed by atoms with Crippen molar-refractivity contribution in [1.29, 1.82) is 0 Å². The van der Waals surface area contributed by atoms with Crippen LogP contribution in [0.4, 0.5) is 0 Å². The van der Waals surface area contributed by atoms with Crippen molar-refractivity contribution in [1.82, 2.24) is 9.88 Å². The zero-order chi connectivity index (χ0) is 10.0. The van der Waals surface area contributed by atoms with Crippen LogP contribution in [0.1, 0.15) is 18.4 Å². The molecule has 1 fully saturated rings. The van der Waals surface area contributed by atoms with Crippen LogP contribution in [0.25, 0.3) is 0 Å². The number of aromatic nitrogens is 1. The summed E-state index contributed by atoms with van der Waals surface area (Å²) in [6.07, 6.45) is 3.39. The molecule has 3 nitrogen and oxygen atoms in total. The van der Waals surface area contributed by atoms with Gasteiger partial charge in [-0.25, -0.2) is 4.98 Å². The number of rotatable bonds is 3. The second kappa shape index (κ2) is 3.96. The summed E-state index contributed by atoms with van der Waals surface area (Å²) in [4.78, 5) is 6.50. The molecule has 1 N–H and O–H groups in total. The van der Waals surface area contributed by atoms with Crippen molar-refractivity contribution < 1.29 is 5.11 Å². The van der Waals surface area contributed by atoms with Crippen molar-refractivity contribution >= 4 is 11.3 Å². The maximum atomic E-state index is 10.3. The predicted molar refractivity (Wildman–Crippen MR) is 57.5 cm³/mol. The van der Waals surface area contributed by atoms with Crippen LogP contribution in [0.15, 0.2) is 11.6 Å². The van der Waals surface area contributed by atoms with Crippen LogP contribution in [0.2, 0.25) is 0 Å². The summed E-state index contributed by atoms with van der Waals surface area (Å²) in [5.41, 5.74) is -0.534. The van der Waals surface area contributed by atoms with E-state index in [9.17, 15) is 5.11 Å². The standard InChI is InChI=1S/C10H16N2OS/c1-2-12-5-3-10(13,8-12)7-9-11-4-6-14-9/h4,6,13H,2-3,5,7-8H2,1H3. The molecule has 14 heavy (non-hydrogen) atoms. The molecule has 0 saturated carbocycles. The normalized spacial score (nSPS) is 28.4. The van der Waals surface area contributed by atoms with Crippen molar-refractivity contribution in [3.63, 3.8) is 0 Å². The molecule has 1 aliphatic heterocycles.